The van der Waals surface area contributed by atoms with Crippen molar-refractivity contribution in [3.05, 3.63) is 23.8 Å². The van der Waals surface area contributed by atoms with E-state index in [4.69, 9.17) is 5.11 Å². The molecule has 55 valence electrons. The van der Waals surface area contributed by atoms with Crippen LogP contribution >= 0.6 is 11.8 Å². The molecule has 0 aromatic heterocycles. The fourth-order valence-electron chi connectivity index (χ4n) is 0.863. The van der Waals surface area contributed by atoms with Crippen molar-refractivity contribution in [2.45, 2.75) is 11.8 Å². The summed E-state index contributed by atoms with van der Waals surface area (Å²) >= 11 is 1.69. The van der Waals surface area contributed by atoms with Gasteiger partial charge >= 0.3 is 0 Å². The summed E-state index contributed by atoms with van der Waals surface area (Å²) in [5.74, 6) is 0.343. The Morgan fingerprint density at radius 2 is 2.00 bits per heavy atom. The van der Waals surface area contributed by atoms with E-state index in [-0.39, 0.29) is 29.6 Å². The predicted molar refractivity (Wildman–Crippen MR) is 50.4 cm³/mol. The Bertz CT molecular complexity index is 238. The van der Waals surface area contributed by atoms with Crippen LogP contribution in [-0.2, 0) is 0 Å². The van der Waals surface area contributed by atoms with Crippen molar-refractivity contribution in [1.82, 2.24) is 0 Å². The molecule has 0 unspecified atom stereocenters. The van der Waals surface area contributed by atoms with E-state index in [0.717, 1.165) is 5.56 Å². The number of hydrogen-bond acceptors (Lipinski definition) is 2. The molecule has 0 saturated heterocycles. The van der Waals surface area contributed by atoms with Crippen molar-refractivity contribution >= 4 is 41.3 Å². The molecule has 3 heteroatoms. The third-order valence-electron chi connectivity index (χ3n) is 1.38. The molecule has 1 radical (unpaired) electrons. The maximum Gasteiger partial charge on any atom is 0.115 e. The predicted octanol–water partition coefficient (Wildman–Crippen LogP) is 2.04. The van der Waals surface area contributed by atoms with Gasteiger partial charge in [-0.2, -0.15) is 0 Å². The molecule has 0 aliphatic heterocycles. The van der Waals surface area contributed by atoms with E-state index in [2.05, 4.69) is 0 Å². The third-order valence-corrected chi connectivity index (χ3v) is 2.28. The number of phenols is 1. The van der Waals surface area contributed by atoms with E-state index in [1.54, 1.807) is 23.9 Å². The van der Waals surface area contributed by atoms with Crippen LogP contribution in [0.15, 0.2) is 23.1 Å². The van der Waals surface area contributed by atoms with Crippen molar-refractivity contribution in [3.63, 3.8) is 0 Å². The van der Waals surface area contributed by atoms with Gasteiger partial charge in [0.15, 0.2) is 0 Å². The summed E-state index contributed by atoms with van der Waals surface area (Å²) in [6, 6.07) is 5.40. The summed E-state index contributed by atoms with van der Waals surface area (Å²) in [6.45, 7) is 1.99. The maximum atomic E-state index is 9.02. The van der Waals surface area contributed by atoms with E-state index in [1.165, 1.54) is 4.90 Å². The second kappa shape index (κ2) is 5.09. The number of aromatic hydroxyl groups is 1. The zero-order valence-electron chi connectivity index (χ0n) is 7.09. The summed E-state index contributed by atoms with van der Waals surface area (Å²) in [7, 11) is 0. The van der Waals surface area contributed by atoms with Crippen LogP contribution in [0.5, 0.6) is 5.75 Å². The SMILES string of the molecule is CSc1ccc(O)cc1C.[Na]. The average molecular weight is 177 g/mol. The molecule has 1 rings (SSSR count). The van der Waals surface area contributed by atoms with Crippen molar-refractivity contribution in [2.75, 3.05) is 6.26 Å². The molecule has 0 amide bonds. The molecular weight excluding hydrogens is 167 g/mol. The largest absolute Gasteiger partial charge is 0.508 e. The van der Waals surface area contributed by atoms with Crippen LogP contribution in [0.4, 0.5) is 0 Å². The Kier molecular flexibility index (Phi) is 5.26. The zero-order chi connectivity index (χ0) is 7.56. The van der Waals surface area contributed by atoms with E-state index < -0.39 is 0 Å². The Morgan fingerprint density at radius 3 is 2.45 bits per heavy atom. The molecule has 1 N–H and O–H groups in total. The molecule has 0 atom stereocenters. The summed E-state index contributed by atoms with van der Waals surface area (Å²) in [5, 5.41) is 9.02. The molecule has 0 spiro atoms. The summed E-state index contributed by atoms with van der Waals surface area (Å²) in [5.41, 5.74) is 1.13. The van der Waals surface area contributed by atoms with Crippen LogP contribution in [0, 0.1) is 6.92 Å². The van der Waals surface area contributed by atoms with Gasteiger partial charge in [-0.25, -0.2) is 0 Å². The molecule has 1 aromatic carbocycles. The van der Waals surface area contributed by atoms with Gasteiger partial charge in [0.05, 0.1) is 0 Å². The molecule has 0 saturated carbocycles. The molecule has 0 aliphatic rings. The normalized spacial score (nSPS) is 8.91. The molecule has 11 heavy (non-hydrogen) atoms. The van der Waals surface area contributed by atoms with Gasteiger partial charge in [0, 0.05) is 34.5 Å². The summed E-state index contributed by atoms with van der Waals surface area (Å²) < 4.78 is 0. The Labute approximate surface area is 93.5 Å². The summed E-state index contributed by atoms with van der Waals surface area (Å²) in [4.78, 5) is 1.22. The number of benzene rings is 1. The van der Waals surface area contributed by atoms with Crippen LogP contribution in [0.25, 0.3) is 0 Å². The quantitative estimate of drug-likeness (QED) is 0.523. The molecule has 0 fully saturated rings. The standard InChI is InChI=1S/C8H10OS.Na/c1-6-5-7(9)3-4-8(6)10-2;/h3-5,9H,1-2H3;. The van der Waals surface area contributed by atoms with Crippen LogP contribution in [-0.4, -0.2) is 40.9 Å². The number of hydrogen-bond donors (Lipinski definition) is 1. The van der Waals surface area contributed by atoms with Gasteiger partial charge < -0.3 is 5.11 Å². The topological polar surface area (TPSA) is 20.2 Å². The first-order valence-electron chi connectivity index (χ1n) is 3.07. The second-order valence-electron chi connectivity index (χ2n) is 2.15. The van der Waals surface area contributed by atoms with E-state index in [0.29, 0.717) is 5.75 Å². The van der Waals surface area contributed by atoms with Crippen LogP contribution in [0.1, 0.15) is 5.56 Å². The number of aryl methyl sites for hydroxylation is 1. The van der Waals surface area contributed by atoms with E-state index >= 15 is 0 Å². The molecular formula is C8H10NaOS. The first-order valence-corrected chi connectivity index (χ1v) is 4.30. The van der Waals surface area contributed by atoms with E-state index in [9.17, 15) is 0 Å². The van der Waals surface area contributed by atoms with Crippen molar-refractivity contribution in [1.29, 1.82) is 0 Å². The van der Waals surface area contributed by atoms with Crippen LogP contribution < -0.4 is 0 Å². The van der Waals surface area contributed by atoms with Gasteiger partial charge in [-0.1, -0.05) is 0 Å². The fraction of sp³-hybridized carbons (Fsp3) is 0.250. The van der Waals surface area contributed by atoms with Gasteiger partial charge in [0.2, 0.25) is 0 Å². The van der Waals surface area contributed by atoms with Crippen LogP contribution in [0.3, 0.4) is 0 Å². The first-order chi connectivity index (χ1) is 4.74. The monoisotopic (exact) mass is 177 g/mol. The second-order valence-corrected chi connectivity index (χ2v) is 3.00. The van der Waals surface area contributed by atoms with Gasteiger partial charge in [-0.15, -0.1) is 11.8 Å². The Hall–Kier alpha value is 0.370. The van der Waals surface area contributed by atoms with Crippen LogP contribution in [0.2, 0.25) is 0 Å². The van der Waals surface area contributed by atoms with Crippen molar-refractivity contribution < 1.29 is 5.11 Å². The van der Waals surface area contributed by atoms with Crippen molar-refractivity contribution in [3.8, 4) is 5.75 Å². The van der Waals surface area contributed by atoms with Gasteiger partial charge in [0.1, 0.15) is 5.75 Å². The minimum absolute atomic E-state index is 0. The average Bonchev–Trinajstić information content (AvgIpc) is 1.88. The third kappa shape index (κ3) is 3.08. The molecule has 1 nitrogen and oxygen atoms in total. The summed E-state index contributed by atoms with van der Waals surface area (Å²) in [6.07, 6.45) is 2.03. The van der Waals surface area contributed by atoms with Gasteiger partial charge in [-0.3, -0.25) is 0 Å². The Morgan fingerprint density at radius 1 is 1.36 bits per heavy atom. The zero-order valence-corrected chi connectivity index (χ0v) is 9.90. The molecule has 0 heterocycles. The fourth-order valence-corrected chi connectivity index (χ4v) is 1.45. The van der Waals surface area contributed by atoms with Crippen molar-refractivity contribution in [2.24, 2.45) is 0 Å². The molecule has 0 bridgehead atoms. The van der Waals surface area contributed by atoms with Gasteiger partial charge in [-0.05, 0) is 36.9 Å². The maximum absolute atomic E-state index is 9.02. The number of thioether (sulfide) groups is 1. The van der Waals surface area contributed by atoms with E-state index in [1.807, 2.05) is 19.2 Å². The minimum atomic E-state index is 0. The number of rotatable bonds is 1. The molecule has 0 aliphatic carbocycles. The number of phenolic OH excluding ortho intramolecular Hbond substituents is 1. The first kappa shape index (κ1) is 11.4. The minimum Gasteiger partial charge on any atom is -0.508 e. The molecule has 1 aromatic rings. The smallest absolute Gasteiger partial charge is 0.115 e. The van der Waals surface area contributed by atoms with Gasteiger partial charge in [0.25, 0.3) is 0 Å². The Balaban J connectivity index is 0.000001000.